The maximum atomic E-state index is 10.9. The highest BCUT2D eigenvalue weighted by atomic mass is 35.5. The summed E-state index contributed by atoms with van der Waals surface area (Å²) in [6.45, 7) is 0.409. The minimum atomic E-state index is -0.640. The van der Waals surface area contributed by atoms with Gasteiger partial charge in [0.25, 0.3) is 5.69 Å². The highest BCUT2D eigenvalue weighted by Gasteiger charge is 2.16. The molecule has 0 heterocycles. The lowest BCUT2D eigenvalue weighted by molar-refractivity contribution is -0.384. The Bertz CT molecular complexity index is 807. The van der Waals surface area contributed by atoms with Crippen LogP contribution in [0, 0.1) is 10.1 Å². The number of fused-ring (bicyclic) bond motifs is 1. The van der Waals surface area contributed by atoms with Crippen molar-refractivity contribution in [2.45, 2.75) is 25.0 Å². The maximum absolute atomic E-state index is 10.9. The second-order valence-electron chi connectivity index (χ2n) is 6.12. The molecule has 3 rings (SSSR count). The molecule has 0 aliphatic heterocycles. The number of hydrogen-bond acceptors (Lipinski definition) is 4. The molecule has 0 amide bonds. The minimum absolute atomic E-state index is 0.0975. The molecule has 0 saturated heterocycles. The van der Waals surface area contributed by atoms with Crippen molar-refractivity contribution >= 4 is 23.4 Å². The van der Waals surface area contributed by atoms with E-state index in [0.29, 0.717) is 11.6 Å². The molecule has 2 aromatic rings. The van der Waals surface area contributed by atoms with Crippen LogP contribution in [-0.2, 0) is 6.42 Å². The average molecular weight is 359 g/mol. The standard InChI is InChI=1S/C19H19ClN2O3/c20-16-3-1-2-15(10-16)19(23)12-21-17-7-4-13-6-9-18(22(24)25)11-14(13)5-8-17/h1-3,5-6,8-11,17,19,21,23H,4,7,12H2. The van der Waals surface area contributed by atoms with Gasteiger partial charge in [0, 0.05) is 29.7 Å². The molecule has 0 fully saturated rings. The number of hydrogen-bond donors (Lipinski definition) is 2. The van der Waals surface area contributed by atoms with Gasteiger partial charge >= 0.3 is 0 Å². The summed E-state index contributed by atoms with van der Waals surface area (Å²) in [6, 6.07) is 12.3. The number of non-ortho nitro benzene ring substituents is 1. The fraction of sp³-hybridized carbons (Fsp3) is 0.263. The van der Waals surface area contributed by atoms with E-state index in [9.17, 15) is 15.2 Å². The highest BCUT2D eigenvalue weighted by molar-refractivity contribution is 6.30. The topological polar surface area (TPSA) is 75.4 Å². The van der Waals surface area contributed by atoms with Gasteiger partial charge in [-0.1, -0.05) is 42.0 Å². The number of nitrogens with zero attached hydrogens (tertiary/aromatic N) is 1. The van der Waals surface area contributed by atoms with Crippen molar-refractivity contribution < 1.29 is 10.0 Å². The largest absolute Gasteiger partial charge is 0.387 e. The van der Waals surface area contributed by atoms with Crippen LogP contribution in [0.3, 0.4) is 0 Å². The number of nitro benzene ring substituents is 1. The quantitative estimate of drug-likeness (QED) is 0.628. The molecule has 2 atom stereocenters. The van der Waals surface area contributed by atoms with Crippen LogP contribution in [0.25, 0.3) is 6.08 Å². The van der Waals surface area contributed by atoms with Gasteiger partial charge in [-0.05, 0) is 41.7 Å². The molecular formula is C19H19ClN2O3. The molecule has 1 aliphatic carbocycles. The van der Waals surface area contributed by atoms with Gasteiger partial charge < -0.3 is 10.4 Å². The smallest absolute Gasteiger partial charge is 0.270 e. The van der Waals surface area contributed by atoms with Gasteiger partial charge in [-0.2, -0.15) is 0 Å². The Hall–Kier alpha value is -2.21. The number of aryl methyl sites for hydroxylation is 1. The number of benzene rings is 2. The van der Waals surface area contributed by atoms with Crippen LogP contribution in [-0.4, -0.2) is 22.6 Å². The van der Waals surface area contributed by atoms with Gasteiger partial charge in [0.1, 0.15) is 0 Å². The van der Waals surface area contributed by atoms with Crippen molar-refractivity contribution in [1.82, 2.24) is 5.32 Å². The fourth-order valence-electron chi connectivity index (χ4n) is 2.97. The minimum Gasteiger partial charge on any atom is -0.387 e. The number of halogens is 1. The lowest BCUT2D eigenvalue weighted by Crippen LogP contribution is -2.31. The lowest BCUT2D eigenvalue weighted by atomic mass is 10.0. The Morgan fingerprint density at radius 1 is 1.32 bits per heavy atom. The summed E-state index contributed by atoms with van der Waals surface area (Å²) < 4.78 is 0. The van der Waals surface area contributed by atoms with Crippen LogP contribution in [0.5, 0.6) is 0 Å². The molecule has 2 N–H and O–H groups in total. The molecule has 2 aromatic carbocycles. The van der Waals surface area contributed by atoms with Gasteiger partial charge in [-0.25, -0.2) is 0 Å². The number of nitrogens with one attached hydrogen (secondary N) is 1. The summed E-state index contributed by atoms with van der Waals surface area (Å²) in [5, 5.41) is 25.1. The van der Waals surface area contributed by atoms with Gasteiger partial charge in [0.05, 0.1) is 11.0 Å². The molecule has 0 spiro atoms. The zero-order chi connectivity index (χ0) is 17.8. The first-order valence-corrected chi connectivity index (χ1v) is 8.53. The van der Waals surface area contributed by atoms with Crippen LogP contribution >= 0.6 is 11.6 Å². The van der Waals surface area contributed by atoms with Crippen LogP contribution in [0.15, 0.2) is 48.5 Å². The summed E-state index contributed by atoms with van der Waals surface area (Å²) in [7, 11) is 0. The Kier molecular flexibility index (Phi) is 5.48. The third-order valence-corrected chi connectivity index (χ3v) is 4.61. The molecule has 0 aromatic heterocycles. The molecule has 5 nitrogen and oxygen atoms in total. The molecule has 25 heavy (non-hydrogen) atoms. The summed E-state index contributed by atoms with van der Waals surface area (Å²) in [6.07, 6.45) is 4.97. The second-order valence-corrected chi connectivity index (χ2v) is 6.56. The van der Waals surface area contributed by atoms with Crippen molar-refractivity contribution in [3.05, 3.63) is 80.4 Å². The molecule has 0 saturated carbocycles. The summed E-state index contributed by atoms with van der Waals surface area (Å²) in [4.78, 5) is 10.5. The Morgan fingerprint density at radius 3 is 2.92 bits per heavy atom. The van der Waals surface area contributed by atoms with Crippen LogP contribution in [0.1, 0.15) is 29.2 Å². The van der Waals surface area contributed by atoms with Crippen molar-refractivity contribution in [3.8, 4) is 0 Å². The van der Waals surface area contributed by atoms with Crippen LogP contribution < -0.4 is 5.32 Å². The van der Waals surface area contributed by atoms with Crippen LogP contribution in [0.4, 0.5) is 5.69 Å². The van der Waals surface area contributed by atoms with E-state index >= 15 is 0 Å². The molecular weight excluding hydrogens is 340 g/mol. The molecule has 130 valence electrons. The normalized spacial score (nSPS) is 17.6. The predicted molar refractivity (Wildman–Crippen MR) is 98.7 cm³/mol. The summed E-state index contributed by atoms with van der Waals surface area (Å²) in [5.74, 6) is 0. The highest BCUT2D eigenvalue weighted by Crippen LogP contribution is 2.24. The Labute approximate surface area is 151 Å². The van der Waals surface area contributed by atoms with Gasteiger partial charge in [-0.15, -0.1) is 0 Å². The monoisotopic (exact) mass is 358 g/mol. The molecule has 0 bridgehead atoms. The predicted octanol–water partition coefficient (Wildman–Crippen LogP) is 3.90. The van der Waals surface area contributed by atoms with Gasteiger partial charge in [0.15, 0.2) is 0 Å². The van der Waals surface area contributed by atoms with E-state index in [0.717, 1.165) is 29.5 Å². The van der Waals surface area contributed by atoms with Crippen molar-refractivity contribution in [2.75, 3.05) is 6.54 Å². The van der Waals surface area contributed by atoms with E-state index in [-0.39, 0.29) is 16.7 Å². The van der Waals surface area contributed by atoms with E-state index in [2.05, 4.69) is 5.32 Å². The summed E-state index contributed by atoms with van der Waals surface area (Å²) >= 11 is 5.96. The Balaban J connectivity index is 1.63. The zero-order valence-electron chi connectivity index (χ0n) is 13.6. The average Bonchev–Trinajstić information content (AvgIpc) is 2.81. The maximum Gasteiger partial charge on any atom is 0.270 e. The van der Waals surface area contributed by atoms with Gasteiger partial charge in [-0.3, -0.25) is 10.1 Å². The zero-order valence-corrected chi connectivity index (χ0v) is 14.3. The number of rotatable bonds is 5. The molecule has 2 unspecified atom stereocenters. The SMILES string of the molecule is O=[N+]([O-])c1ccc2c(c1)C=CC(NCC(O)c1cccc(Cl)c1)CC2. The van der Waals surface area contributed by atoms with Crippen LogP contribution in [0.2, 0.25) is 5.02 Å². The first-order chi connectivity index (χ1) is 12.0. The lowest BCUT2D eigenvalue weighted by Gasteiger charge is -2.17. The molecule has 0 radical (unpaired) electrons. The van der Waals surface area contributed by atoms with E-state index in [1.54, 1.807) is 24.3 Å². The van der Waals surface area contributed by atoms with Gasteiger partial charge in [0.2, 0.25) is 0 Å². The van der Waals surface area contributed by atoms with E-state index in [1.807, 2.05) is 30.4 Å². The first-order valence-electron chi connectivity index (χ1n) is 8.15. The van der Waals surface area contributed by atoms with Crippen molar-refractivity contribution in [2.24, 2.45) is 0 Å². The number of nitro groups is 1. The van der Waals surface area contributed by atoms with E-state index < -0.39 is 6.10 Å². The molecule has 6 heteroatoms. The Morgan fingerprint density at radius 2 is 2.16 bits per heavy atom. The van der Waals surface area contributed by atoms with Crippen molar-refractivity contribution in [1.29, 1.82) is 0 Å². The first kappa shape index (κ1) is 17.6. The fourth-order valence-corrected chi connectivity index (χ4v) is 3.17. The third-order valence-electron chi connectivity index (χ3n) is 4.38. The van der Waals surface area contributed by atoms with Crippen molar-refractivity contribution in [3.63, 3.8) is 0 Å². The number of aliphatic hydroxyl groups is 1. The summed E-state index contributed by atoms with van der Waals surface area (Å²) in [5.41, 5.74) is 2.86. The van der Waals surface area contributed by atoms with E-state index in [4.69, 9.17) is 11.6 Å². The van der Waals surface area contributed by atoms with E-state index in [1.165, 1.54) is 0 Å². The third kappa shape index (κ3) is 4.45. The second kappa shape index (κ2) is 7.78. The molecule has 1 aliphatic rings. The number of aliphatic hydroxyl groups excluding tert-OH is 1.